The lowest BCUT2D eigenvalue weighted by molar-refractivity contribution is 1.12. The first-order valence-corrected chi connectivity index (χ1v) is 11.4. The van der Waals surface area contributed by atoms with E-state index in [1.807, 2.05) is 54.6 Å². The highest BCUT2D eigenvalue weighted by molar-refractivity contribution is 7.98. The van der Waals surface area contributed by atoms with Crippen LogP contribution in [-0.2, 0) is 5.75 Å². The average Bonchev–Trinajstić information content (AvgIpc) is 2.79. The molecular weight excluding hydrogens is 443 g/mol. The molecule has 152 valence electrons. The van der Waals surface area contributed by atoms with E-state index < -0.39 is 0 Å². The Morgan fingerprint density at radius 2 is 1.55 bits per heavy atom. The van der Waals surface area contributed by atoms with Crippen molar-refractivity contribution in [3.8, 4) is 28.5 Å². The van der Waals surface area contributed by atoms with Crippen molar-refractivity contribution in [2.45, 2.75) is 17.7 Å². The minimum Gasteiger partial charge on any atom is -0.240 e. The summed E-state index contributed by atoms with van der Waals surface area (Å²) < 4.78 is 0. The van der Waals surface area contributed by atoms with Gasteiger partial charge in [0.15, 0.2) is 0 Å². The third-order valence-electron chi connectivity index (χ3n) is 4.95. The van der Waals surface area contributed by atoms with E-state index >= 15 is 0 Å². The summed E-state index contributed by atoms with van der Waals surface area (Å²) >= 11 is 14.2. The van der Waals surface area contributed by atoms with Gasteiger partial charge in [0.1, 0.15) is 11.1 Å². The molecule has 0 bridgehead atoms. The molecule has 0 aliphatic rings. The van der Waals surface area contributed by atoms with Crippen molar-refractivity contribution in [1.82, 2.24) is 4.98 Å². The van der Waals surface area contributed by atoms with Gasteiger partial charge in [0.25, 0.3) is 0 Å². The zero-order chi connectivity index (χ0) is 21.8. The Balaban J connectivity index is 1.83. The number of aromatic nitrogens is 1. The first-order chi connectivity index (χ1) is 15.1. The second-order valence-electron chi connectivity index (χ2n) is 7.07. The van der Waals surface area contributed by atoms with E-state index in [0.717, 1.165) is 27.9 Å². The Kier molecular flexibility index (Phi) is 6.63. The lowest BCUT2D eigenvalue weighted by Gasteiger charge is -2.13. The zero-order valence-electron chi connectivity index (χ0n) is 16.8. The molecule has 5 heteroatoms. The van der Waals surface area contributed by atoms with Gasteiger partial charge in [-0.25, -0.2) is 4.98 Å². The van der Waals surface area contributed by atoms with Crippen molar-refractivity contribution in [3.05, 3.63) is 106 Å². The van der Waals surface area contributed by atoms with Crippen LogP contribution in [0.5, 0.6) is 0 Å². The monoisotopic (exact) mass is 460 g/mol. The molecule has 0 aliphatic carbocycles. The Bertz CT molecular complexity index is 1240. The molecule has 0 radical (unpaired) electrons. The van der Waals surface area contributed by atoms with E-state index in [9.17, 15) is 5.26 Å². The highest BCUT2D eigenvalue weighted by Crippen LogP contribution is 2.37. The van der Waals surface area contributed by atoms with Crippen molar-refractivity contribution < 1.29 is 0 Å². The van der Waals surface area contributed by atoms with Gasteiger partial charge in [0.05, 0.1) is 11.3 Å². The maximum Gasteiger partial charge on any atom is 0.115 e. The highest BCUT2D eigenvalue weighted by atomic mass is 35.5. The maximum absolute atomic E-state index is 10.0. The SMILES string of the molecule is Cc1ccc(-c2cc(-c3ccccc3)c(C#N)c(SCc3c(Cl)cccc3Cl)n2)cc1. The van der Waals surface area contributed by atoms with Crippen molar-refractivity contribution in [2.75, 3.05) is 0 Å². The van der Waals surface area contributed by atoms with Crippen LogP contribution in [-0.4, -0.2) is 4.98 Å². The molecule has 4 rings (SSSR count). The Morgan fingerprint density at radius 3 is 2.19 bits per heavy atom. The summed E-state index contributed by atoms with van der Waals surface area (Å²) in [5.74, 6) is 0.520. The maximum atomic E-state index is 10.0. The van der Waals surface area contributed by atoms with E-state index in [4.69, 9.17) is 28.2 Å². The topological polar surface area (TPSA) is 36.7 Å². The van der Waals surface area contributed by atoms with Gasteiger partial charge in [0, 0.05) is 26.9 Å². The number of aryl methyl sites for hydroxylation is 1. The van der Waals surface area contributed by atoms with Crippen molar-refractivity contribution in [2.24, 2.45) is 0 Å². The number of halogens is 2. The van der Waals surface area contributed by atoms with Crippen LogP contribution >= 0.6 is 35.0 Å². The molecule has 4 aromatic rings. The van der Waals surface area contributed by atoms with Crippen molar-refractivity contribution >= 4 is 35.0 Å². The third kappa shape index (κ3) is 4.78. The number of pyridine rings is 1. The van der Waals surface area contributed by atoms with Crippen LogP contribution < -0.4 is 0 Å². The fourth-order valence-corrected chi connectivity index (χ4v) is 5.01. The summed E-state index contributed by atoms with van der Waals surface area (Å²) in [6.45, 7) is 2.06. The molecule has 1 heterocycles. The average molecular weight is 461 g/mol. The van der Waals surface area contributed by atoms with Gasteiger partial charge < -0.3 is 0 Å². The molecule has 0 aliphatic heterocycles. The number of benzene rings is 3. The highest BCUT2D eigenvalue weighted by Gasteiger charge is 2.17. The Hall–Kier alpha value is -2.77. The molecule has 0 spiro atoms. The van der Waals surface area contributed by atoms with Gasteiger partial charge in [0.2, 0.25) is 0 Å². The van der Waals surface area contributed by atoms with Gasteiger partial charge in [-0.15, -0.1) is 11.8 Å². The van der Waals surface area contributed by atoms with E-state index in [1.165, 1.54) is 17.3 Å². The Labute approximate surface area is 196 Å². The molecule has 3 aromatic carbocycles. The Morgan fingerprint density at radius 1 is 0.871 bits per heavy atom. The van der Waals surface area contributed by atoms with E-state index in [2.05, 4.69) is 37.3 Å². The number of thioether (sulfide) groups is 1. The zero-order valence-corrected chi connectivity index (χ0v) is 19.1. The smallest absolute Gasteiger partial charge is 0.115 e. The molecular formula is C26H18Cl2N2S. The summed E-state index contributed by atoms with van der Waals surface area (Å²) in [6, 6.07) is 28.0. The molecule has 31 heavy (non-hydrogen) atoms. The minimum atomic E-state index is 0.520. The summed E-state index contributed by atoms with van der Waals surface area (Å²) in [5.41, 5.74) is 6.24. The fourth-order valence-electron chi connectivity index (χ4n) is 3.26. The van der Waals surface area contributed by atoms with Gasteiger partial charge >= 0.3 is 0 Å². The fraction of sp³-hybridized carbons (Fsp3) is 0.0769. The van der Waals surface area contributed by atoms with Crippen LogP contribution in [0.15, 0.2) is 83.9 Å². The molecule has 1 aromatic heterocycles. The number of hydrogen-bond acceptors (Lipinski definition) is 3. The van der Waals surface area contributed by atoms with E-state index in [1.54, 1.807) is 0 Å². The van der Waals surface area contributed by atoms with Crippen molar-refractivity contribution in [3.63, 3.8) is 0 Å². The number of nitriles is 1. The standard InChI is InChI=1S/C26H18Cl2N2S/c1-17-10-12-19(13-11-17)25-14-20(18-6-3-2-4-7-18)21(15-29)26(30-25)31-16-22-23(27)8-5-9-24(22)28/h2-14H,16H2,1H3. The predicted molar refractivity (Wildman–Crippen MR) is 131 cm³/mol. The quantitative estimate of drug-likeness (QED) is 0.281. The molecule has 0 unspecified atom stereocenters. The number of hydrogen-bond donors (Lipinski definition) is 0. The first kappa shape index (κ1) is 21.5. The number of rotatable bonds is 5. The molecule has 0 atom stereocenters. The second kappa shape index (κ2) is 9.58. The summed E-state index contributed by atoms with van der Waals surface area (Å²) in [4.78, 5) is 4.86. The van der Waals surface area contributed by atoms with E-state index in [-0.39, 0.29) is 0 Å². The summed E-state index contributed by atoms with van der Waals surface area (Å²) in [6.07, 6.45) is 0. The summed E-state index contributed by atoms with van der Waals surface area (Å²) in [5, 5.41) is 11.9. The molecule has 2 nitrogen and oxygen atoms in total. The lowest BCUT2D eigenvalue weighted by Crippen LogP contribution is -1.96. The van der Waals surface area contributed by atoms with Crippen LogP contribution in [0, 0.1) is 18.3 Å². The van der Waals surface area contributed by atoms with Gasteiger partial charge in [-0.2, -0.15) is 5.26 Å². The molecule has 0 amide bonds. The third-order valence-corrected chi connectivity index (χ3v) is 6.66. The van der Waals surface area contributed by atoms with Gasteiger partial charge in [-0.05, 0) is 36.2 Å². The molecule has 0 saturated heterocycles. The number of nitrogens with zero attached hydrogens (tertiary/aromatic N) is 2. The minimum absolute atomic E-state index is 0.520. The van der Waals surface area contributed by atoms with Gasteiger partial charge in [-0.1, -0.05) is 89.4 Å². The van der Waals surface area contributed by atoms with Crippen LogP contribution in [0.4, 0.5) is 0 Å². The van der Waals surface area contributed by atoms with Gasteiger partial charge in [-0.3, -0.25) is 0 Å². The molecule has 0 N–H and O–H groups in total. The first-order valence-electron chi connectivity index (χ1n) is 9.70. The largest absolute Gasteiger partial charge is 0.240 e. The normalized spacial score (nSPS) is 10.6. The van der Waals surface area contributed by atoms with E-state index in [0.29, 0.717) is 26.4 Å². The molecule has 0 saturated carbocycles. The summed E-state index contributed by atoms with van der Waals surface area (Å²) in [7, 11) is 0. The predicted octanol–water partition coefficient (Wildman–Crippen LogP) is 8.19. The lowest BCUT2D eigenvalue weighted by atomic mass is 9.99. The van der Waals surface area contributed by atoms with Crippen LogP contribution in [0.1, 0.15) is 16.7 Å². The molecule has 0 fully saturated rings. The van der Waals surface area contributed by atoms with Crippen LogP contribution in [0.3, 0.4) is 0 Å². The van der Waals surface area contributed by atoms with Crippen LogP contribution in [0.25, 0.3) is 22.4 Å². The second-order valence-corrected chi connectivity index (χ2v) is 8.85. The van der Waals surface area contributed by atoms with Crippen molar-refractivity contribution in [1.29, 1.82) is 5.26 Å². The van der Waals surface area contributed by atoms with Crippen LogP contribution in [0.2, 0.25) is 10.0 Å².